The van der Waals surface area contributed by atoms with Gasteiger partial charge in [-0.25, -0.2) is 9.18 Å². The molecule has 0 heterocycles. The van der Waals surface area contributed by atoms with Crippen LogP contribution in [0.3, 0.4) is 0 Å². The molecule has 5 heteroatoms. The zero-order valence-corrected chi connectivity index (χ0v) is 8.90. The second-order valence-corrected chi connectivity index (χ2v) is 3.14. The normalized spacial score (nSPS) is 11.2. The topological polar surface area (TPSA) is 61.7 Å². The van der Waals surface area contributed by atoms with Crippen LogP contribution in [0, 0.1) is 5.82 Å². The van der Waals surface area contributed by atoms with Crippen molar-refractivity contribution in [1.29, 1.82) is 0 Å². The molecule has 0 fully saturated rings. The molecule has 4 nitrogen and oxygen atoms in total. The van der Waals surface area contributed by atoms with Gasteiger partial charge < -0.3 is 10.5 Å². The molecule has 0 unspecified atom stereocenters. The average molecular weight is 224 g/mol. The van der Waals surface area contributed by atoms with Crippen LogP contribution in [-0.2, 0) is 11.3 Å². The number of carbonyl (C=O) groups is 1. The van der Waals surface area contributed by atoms with Crippen molar-refractivity contribution in [2.24, 2.45) is 5.10 Å². The van der Waals surface area contributed by atoms with Crippen molar-refractivity contribution in [2.45, 2.75) is 19.9 Å². The van der Waals surface area contributed by atoms with Gasteiger partial charge in [0, 0.05) is 5.56 Å². The van der Waals surface area contributed by atoms with Crippen molar-refractivity contribution in [3.05, 3.63) is 35.6 Å². The minimum atomic E-state index is -1.07. The Morgan fingerprint density at radius 1 is 1.50 bits per heavy atom. The van der Waals surface area contributed by atoms with Gasteiger partial charge in [0.1, 0.15) is 11.5 Å². The summed E-state index contributed by atoms with van der Waals surface area (Å²) in [5, 5.41) is 12.4. The van der Waals surface area contributed by atoms with Crippen LogP contribution in [0.2, 0.25) is 0 Å². The number of carboxylic acids is 1. The van der Waals surface area contributed by atoms with E-state index in [2.05, 4.69) is 10.5 Å². The van der Waals surface area contributed by atoms with Gasteiger partial charge in [0.25, 0.3) is 0 Å². The van der Waals surface area contributed by atoms with E-state index in [1.807, 2.05) is 0 Å². The highest BCUT2D eigenvalue weighted by Gasteiger charge is 2.05. The van der Waals surface area contributed by atoms with E-state index in [0.717, 1.165) is 0 Å². The summed E-state index contributed by atoms with van der Waals surface area (Å²) in [4.78, 5) is 10.6. The van der Waals surface area contributed by atoms with Crippen LogP contribution in [0.5, 0.6) is 0 Å². The summed E-state index contributed by atoms with van der Waals surface area (Å²) in [6.45, 7) is 1.86. The van der Waals surface area contributed by atoms with Crippen LogP contribution in [0.1, 0.15) is 18.9 Å². The molecule has 1 rings (SSSR count). The molecule has 1 aromatic rings. The summed E-state index contributed by atoms with van der Waals surface area (Å²) in [7, 11) is 0. The van der Waals surface area contributed by atoms with Crippen LogP contribution in [-0.4, -0.2) is 16.8 Å². The van der Waals surface area contributed by atoms with E-state index < -0.39 is 5.97 Å². The molecule has 0 amide bonds. The molecule has 16 heavy (non-hydrogen) atoms. The molecule has 0 spiro atoms. The van der Waals surface area contributed by atoms with Gasteiger partial charge in [0.15, 0.2) is 0 Å². The fourth-order valence-electron chi connectivity index (χ4n) is 1.14. The minimum Gasteiger partial charge on any atom is -0.477 e. The van der Waals surface area contributed by atoms with Crippen LogP contribution in [0.25, 0.3) is 0 Å². The second-order valence-electron chi connectivity index (χ2n) is 3.14. The summed E-state index contributed by atoms with van der Waals surface area (Å²) in [5.41, 5.74) is 3.02. The third-order valence-electron chi connectivity index (χ3n) is 2.02. The smallest absolute Gasteiger partial charge is 0.352 e. The van der Waals surface area contributed by atoms with E-state index in [0.29, 0.717) is 12.0 Å². The van der Waals surface area contributed by atoms with Gasteiger partial charge in [0.05, 0.1) is 6.54 Å². The van der Waals surface area contributed by atoms with Crippen molar-refractivity contribution in [1.82, 2.24) is 5.43 Å². The molecule has 0 radical (unpaired) electrons. The molecule has 0 atom stereocenters. The first-order valence-electron chi connectivity index (χ1n) is 4.91. The predicted octanol–water partition coefficient (Wildman–Crippen LogP) is 1.77. The van der Waals surface area contributed by atoms with Gasteiger partial charge >= 0.3 is 5.97 Å². The van der Waals surface area contributed by atoms with Crippen molar-refractivity contribution in [2.75, 3.05) is 0 Å². The van der Waals surface area contributed by atoms with E-state index in [1.165, 1.54) is 6.07 Å². The Kier molecular flexibility index (Phi) is 4.44. The van der Waals surface area contributed by atoms with Crippen LogP contribution < -0.4 is 5.43 Å². The minimum absolute atomic E-state index is 0.0244. The first-order chi connectivity index (χ1) is 7.65. The highest BCUT2D eigenvalue weighted by Crippen LogP contribution is 2.05. The van der Waals surface area contributed by atoms with Crippen molar-refractivity contribution >= 4 is 11.7 Å². The van der Waals surface area contributed by atoms with Crippen LogP contribution in [0.15, 0.2) is 29.4 Å². The van der Waals surface area contributed by atoms with Crippen molar-refractivity contribution < 1.29 is 14.3 Å². The highest BCUT2D eigenvalue weighted by molar-refractivity contribution is 6.35. The summed E-state index contributed by atoms with van der Waals surface area (Å²) >= 11 is 0. The maximum absolute atomic E-state index is 13.1. The zero-order valence-electron chi connectivity index (χ0n) is 8.90. The highest BCUT2D eigenvalue weighted by atomic mass is 19.1. The van der Waals surface area contributed by atoms with Crippen molar-refractivity contribution in [3.63, 3.8) is 0 Å². The molecule has 0 aromatic heterocycles. The molecule has 86 valence electrons. The summed E-state index contributed by atoms with van der Waals surface area (Å²) in [6, 6.07) is 6.27. The van der Waals surface area contributed by atoms with Gasteiger partial charge in [-0.3, -0.25) is 0 Å². The first kappa shape index (κ1) is 12.2. The number of hydrazone groups is 1. The Morgan fingerprint density at radius 3 is 2.75 bits per heavy atom. The summed E-state index contributed by atoms with van der Waals surface area (Å²) < 4.78 is 13.1. The van der Waals surface area contributed by atoms with E-state index in [9.17, 15) is 9.18 Å². The second kappa shape index (κ2) is 5.85. The van der Waals surface area contributed by atoms with Gasteiger partial charge in [-0.15, -0.1) is 0 Å². The molecule has 0 aliphatic carbocycles. The van der Waals surface area contributed by atoms with Gasteiger partial charge in [-0.1, -0.05) is 25.1 Å². The number of hydrogen-bond donors (Lipinski definition) is 2. The van der Waals surface area contributed by atoms with Crippen molar-refractivity contribution in [3.8, 4) is 0 Å². The molecular weight excluding hydrogens is 211 g/mol. The molecule has 2 N–H and O–H groups in total. The lowest BCUT2D eigenvalue weighted by Crippen LogP contribution is -2.17. The summed E-state index contributed by atoms with van der Waals surface area (Å²) in [5.74, 6) is -1.40. The van der Waals surface area contributed by atoms with E-state index in [-0.39, 0.29) is 18.1 Å². The number of nitrogens with zero attached hydrogens (tertiary/aromatic N) is 1. The Bertz CT molecular complexity index is 405. The molecule has 0 aliphatic heterocycles. The molecule has 1 aromatic carbocycles. The number of halogens is 1. The molecular formula is C11H13FN2O2. The third kappa shape index (κ3) is 3.34. The number of rotatable bonds is 5. The molecule has 0 saturated carbocycles. The Labute approximate surface area is 92.8 Å². The fourth-order valence-corrected chi connectivity index (χ4v) is 1.14. The lowest BCUT2D eigenvalue weighted by atomic mass is 10.2. The quantitative estimate of drug-likeness (QED) is 0.591. The fraction of sp³-hybridized carbons (Fsp3) is 0.273. The number of aliphatic carboxylic acids is 1. The van der Waals surface area contributed by atoms with Gasteiger partial charge in [-0.2, -0.15) is 5.10 Å². The van der Waals surface area contributed by atoms with E-state index >= 15 is 0 Å². The molecule has 0 bridgehead atoms. The lowest BCUT2D eigenvalue weighted by Gasteiger charge is -2.03. The number of benzene rings is 1. The largest absolute Gasteiger partial charge is 0.477 e. The molecule has 0 aliphatic rings. The Hall–Kier alpha value is -1.91. The Balaban J connectivity index is 2.59. The van der Waals surface area contributed by atoms with Crippen LogP contribution in [0.4, 0.5) is 4.39 Å². The zero-order chi connectivity index (χ0) is 12.0. The maximum Gasteiger partial charge on any atom is 0.352 e. The maximum atomic E-state index is 13.1. The van der Waals surface area contributed by atoms with E-state index in [4.69, 9.17) is 5.11 Å². The Morgan fingerprint density at radius 2 is 2.19 bits per heavy atom. The number of hydrogen-bond acceptors (Lipinski definition) is 3. The first-order valence-corrected chi connectivity index (χ1v) is 4.91. The summed E-state index contributed by atoms with van der Waals surface area (Å²) in [6.07, 6.45) is 0.319. The SMILES string of the molecule is CC/C(=N/NCc1ccccc1F)C(=O)O. The number of nitrogens with one attached hydrogen (secondary N) is 1. The van der Waals surface area contributed by atoms with Gasteiger partial charge in [0.2, 0.25) is 0 Å². The third-order valence-corrected chi connectivity index (χ3v) is 2.02. The van der Waals surface area contributed by atoms with Crippen LogP contribution >= 0.6 is 0 Å². The monoisotopic (exact) mass is 224 g/mol. The average Bonchev–Trinajstić information content (AvgIpc) is 2.26. The van der Waals surface area contributed by atoms with E-state index in [1.54, 1.807) is 25.1 Å². The number of carboxylic acid groups (broad SMARTS) is 1. The lowest BCUT2D eigenvalue weighted by molar-refractivity contribution is -0.129. The van der Waals surface area contributed by atoms with Gasteiger partial charge in [-0.05, 0) is 12.5 Å². The predicted molar refractivity (Wildman–Crippen MR) is 58.6 cm³/mol. The standard InChI is InChI=1S/C11H13FN2O2/c1-2-10(11(15)16)14-13-7-8-5-3-4-6-9(8)12/h3-6,13H,2,7H2,1H3,(H,15,16)/b14-10-. The molecule has 0 saturated heterocycles.